The molecule has 30 heavy (non-hydrogen) atoms. The number of benzene rings is 2. The van der Waals surface area contributed by atoms with Gasteiger partial charge in [0, 0.05) is 23.4 Å². The molecule has 2 aromatic rings. The van der Waals surface area contributed by atoms with E-state index in [1.807, 2.05) is 44.2 Å². The van der Waals surface area contributed by atoms with Gasteiger partial charge in [-0.3, -0.25) is 9.59 Å². The fourth-order valence-electron chi connectivity index (χ4n) is 2.98. The van der Waals surface area contributed by atoms with Gasteiger partial charge in [-0.15, -0.1) is 11.8 Å². The third-order valence-corrected chi connectivity index (χ3v) is 6.36. The van der Waals surface area contributed by atoms with Gasteiger partial charge in [-0.25, -0.2) is 0 Å². The number of nitrogens with zero attached hydrogens (tertiary/aromatic N) is 1. The van der Waals surface area contributed by atoms with Gasteiger partial charge in [0.25, 0.3) is 0 Å². The van der Waals surface area contributed by atoms with Crippen molar-refractivity contribution in [1.82, 2.24) is 10.2 Å². The number of rotatable bonds is 10. The lowest BCUT2D eigenvalue weighted by Crippen LogP contribution is -2.50. The summed E-state index contributed by atoms with van der Waals surface area (Å²) >= 11 is 7.69. The first kappa shape index (κ1) is 24.3. The normalized spacial score (nSPS) is 12.8. The van der Waals surface area contributed by atoms with Crippen LogP contribution >= 0.6 is 23.4 Å². The Morgan fingerprint density at radius 3 is 2.53 bits per heavy atom. The molecular weight excluding hydrogens is 416 g/mol. The number of hydrogen-bond donors (Lipinski definition) is 1. The average Bonchev–Trinajstić information content (AvgIpc) is 2.72. The molecule has 1 N–H and O–H groups in total. The zero-order chi connectivity index (χ0) is 22.1. The van der Waals surface area contributed by atoms with Crippen LogP contribution in [0, 0.1) is 6.92 Å². The fraction of sp³-hybridized carbons (Fsp3) is 0.417. The summed E-state index contributed by atoms with van der Waals surface area (Å²) in [4.78, 5) is 27.5. The van der Waals surface area contributed by atoms with Crippen LogP contribution in [0.1, 0.15) is 43.9 Å². The van der Waals surface area contributed by atoms with Gasteiger partial charge < -0.3 is 10.2 Å². The molecule has 2 atom stereocenters. The third-order valence-electron chi connectivity index (χ3n) is 5.15. The first-order valence-electron chi connectivity index (χ1n) is 10.3. The predicted molar refractivity (Wildman–Crippen MR) is 127 cm³/mol. The lowest BCUT2D eigenvalue weighted by molar-refractivity contribution is -0.138. The maximum atomic E-state index is 13.1. The topological polar surface area (TPSA) is 49.4 Å². The molecule has 0 unspecified atom stereocenters. The van der Waals surface area contributed by atoms with E-state index >= 15 is 0 Å². The highest BCUT2D eigenvalue weighted by Crippen LogP contribution is 2.19. The second-order valence-corrected chi connectivity index (χ2v) is 8.99. The molecule has 0 fully saturated rings. The van der Waals surface area contributed by atoms with Gasteiger partial charge in [-0.05, 0) is 56.0 Å². The van der Waals surface area contributed by atoms with Crippen LogP contribution in [0.2, 0.25) is 5.02 Å². The van der Waals surface area contributed by atoms with Crippen LogP contribution in [0.15, 0.2) is 48.5 Å². The monoisotopic (exact) mass is 446 g/mol. The number of thioether (sulfide) groups is 1. The molecule has 0 saturated heterocycles. The van der Waals surface area contributed by atoms with Crippen molar-refractivity contribution in [2.45, 2.75) is 58.5 Å². The van der Waals surface area contributed by atoms with E-state index in [1.54, 1.807) is 29.7 Å². The third kappa shape index (κ3) is 7.37. The van der Waals surface area contributed by atoms with E-state index < -0.39 is 6.04 Å². The van der Waals surface area contributed by atoms with Crippen molar-refractivity contribution >= 4 is 35.2 Å². The van der Waals surface area contributed by atoms with Crippen molar-refractivity contribution in [3.63, 3.8) is 0 Å². The van der Waals surface area contributed by atoms with Crippen LogP contribution in [-0.2, 0) is 21.9 Å². The SMILES string of the molecule is CC[C@H](C)NC(=O)[C@H](C)N(Cc1cccc(Cl)c1)C(=O)CSCc1ccccc1C. The Labute approximate surface area is 189 Å². The minimum absolute atomic E-state index is 0.0552. The van der Waals surface area contributed by atoms with Crippen LogP contribution in [0.5, 0.6) is 0 Å². The predicted octanol–water partition coefficient (Wildman–Crippen LogP) is 5.21. The van der Waals surface area contributed by atoms with E-state index in [-0.39, 0.29) is 17.9 Å². The van der Waals surface area contributed by atoms with Crippen molar-refractivity contribution in [2.24, 2.45) is 0 Å². The minimum Gasteiger partial charge on any atom is -0.352 e. The van der Waals surface area contributed by atoms with E-state index in [4.69, 9.17) is 11.6 Å². The average molecular weight is 447 g/mol. The van der Waals surface area contributed by atoms with Crippen molar-refractivity contribution in [3.05, 3.63) is 70.2 Å². The van der Waals surface area contributed by atoms with E-state index in [0.717, 1.165) is 17.7 Å². The molecule has 0 aliphatic heterocycles. The van der Waals surface area contributed by atoms with Crippen LogP contribution < -0.4 is 5.32 Å². The van der Waals surface area contributed by atoms with Crippen LogP contribution in [0.3, 0.4) is 0 Å². The first-order valence-corrected chi connectivity index (χ1v) is 11.8. The maximum Gasteiger partial charge on any atom is 0.242 e. The number of aryl methyl sites for hydroxylation is 1. The molecule has 0 aliphatic rings. The highest BCUT2D eigenvalue weighted by Gasteiger charge is 2.26. The molecule has 2 amide bonds. The summed E-state index contributed by atoms with van der Waals surface area (Å²) < 4.78 is 0. The van der Waals surface area contributed by atoms with Crippen molar-refractivity contribution in [2.75, 3.05) is 5.75 Å². The van der Waals surface area contributed by atoms with E-state index in [0.29, 0.717) is 17.3 Å². The van der Waals surface area contributed by atoms with Crippen molar-refractivity contribution in [1.29, 1.82) is 0 Å². The zero-order valence-corrected chi connectivity index (χ0v) is 19.7. The molecule has 0 spiro atoms. The molecule has 162 valence electrons. The molecule has 0 aliphatic carbocycles. The summed E-state index contributed by atoms with van der Waals surface area (Å²) in [5.41, 5.74) is 3.34. The fourth-order valence-corrected chi connectivity index (χ4v) is 4.18. The van der Waals surface area contributed by atoms with Crippen LogP contribution in [0.25, 0.3) is 0 Å². The number of amides is 2. The Kier molecular flexibility index (Phi) is 9.73. The number of halogens is 1. The zero-order valence-electron chi connectivity index (χ0n) is 18.2. The molecule has 0 saturated carbocycles. The van der Waals surface area contributed by atoms with E-state index in [1.165, 1.54) is 11.1 Å². The number of nitrogens with one attached hydrogen (secondary N) is 1. The summed E-state index contributed by atoms with van der Waals surface area (Å²) in [5, 5.41) is 3.60. The molecule has 6 heteroatoms. The van der Waals surface area contributed by atoms with Gasteiger partial charge in [0.05, 0.1) is 5.75 Å². The van der Waals surface area contributed by atoms with E-state index in [9.17, 15) is 9.59 Å². The van der Waals surface area contributed by atoms with Gasteiger partial charge in [0.15, 0.2) is 0 Å². The molecule has 0 heterocycles. The second kappa shape index (κ2) is 12.0. The Morgan fingerprint density at radius 1 is 1.13 bits per heavy atom. The van der Waals surface area contributed by atoms with Crippen molar-refractivity contribution in [3.8, 4) is 0 Å². The largest absolute Gasteiger partial charge is 0.352 e. The van der Waals surface area contributed by atoms with Crippen LogP contribution in [0.4, 0.5) is 0 Å². The standard InChI is InChI=1S/C24H31ClN2O2S/c1-5-18(3)26-24(29)19(4)27(14-20-10-8-12-22(25)13-20)23(28)16-30-15-21-11-7-6-9-17(21)2/h6-13,18-19H,5,14-16H2,1-4H3,(H,26,29)/t18-,19-/m0/s1. The molecule has 2 rings (SSSR count). The lowest BCUT2D eigenvalue weighted by Gasteiger charge is -2.29. The van der Waals surface area contributed by atoms with Gasteiger partial charge in [-0.1, -0.05) is 54.9 Å². The Hall–Kier alpha value is -1.98. The van der Waals surface area contributed by atoms with E-state index in [2.05, 4.69) is 24.4 Å². The summed E-state index contributed by atoms with van der Waals surface area (Å²) in [7, 11) is 0. The molecule has 0 radical (unpaired) electrons. The van der Waals surface area contributed by atoms with Gasteiger partial charge in [0.2, 0.25) is 11.8 Å². The molecular formula is C24H31ClN2O2S. The summed E-state index contributed by atoms with van der Waals surface area (Å²) in [5.74, 6) is 0.885. The van der Waals surface area contributed by atoms with Crippen LogP contribution in [-0.4, -0.2) is 34.6 Å². The first-order chi connectivity index (χ1) is 14.3. The quantitative estimate of drug-likeness (QED) is 0.544. The summed E-state index contributed by atoms with van der Waals surface area (Å²) in [6.45, 7) is 8.19. The highest BCUT2D eigenvalue weighted by atomic mass is 35.5. The molecule has 4 nitrogen and oxygen atoms in total. The Bertz CT molecular complexity index is 859. The number of carbonyl (C=O) groups is 2. The smallest absolute Gasteiger partial charge is 0.242 e. The summed E-state index contributed by atoms with van der Waals surface area (Å²) in [6.07, 6.45) is 0.840. The Balaban J connectivity index is 2.09. The van der Waals surface area contributed by atoms with Crippen molar-refractivity contribution < 1.29 is 9.59 Å². The number of hydrogen-bond acceptors (Lipinski definition) is 3. The molecule has 2 aromatic carbocycles. The molecule has 0 bridgehead atoms. The maximum absolute atomic E-state index is 13.1. The number of carbonyl (C=O) groups excluding carboxylic acids is 2. The summed E-state index contributed by atoms with van der Waals surface area (Å²) in [6, 6.07) is 15.1. The van der Waals surface area contributed by atoms with Gasteiger partial charge >= 0.3 is 0 Å². The Morgan fingerprint density at radius 2 is 1.87 bits per heavy atom. The minimum atomic E-state index is -0.565. The van der Waals surface area contributed by atoms with Gasteiger partial charge in [-0.2, -0.15) is 0 Å². The highest BCUT2D eigenvalue weighted by molar-refractivity contribution is 7.99. The molecule has 0 aromatic heterocycles. The second-order valence-electron chi connectivity index (χ2n) is 7.56. The van der Waals surface area contributed by atoms with Gasteiger partial charge in [0.1, 0.15) is 6.04 Å². The lowest BCUT2D eigenvalue weighted by atomic mass is 10.1.